The first-order valence-corrected chi connectivity index (χ1v) is 13.5. The number of fused-ring (bicyclic) bond motifs is 5. The second-order valence-corrected chi connectivity index (χ2v) is 12.5. The van der Waals surface area contributed by atoms with E-state index in [4.69, 9.17) is 15.2 Å². The maximum Gasteiger partial charge on any atom is 0.186 e. The summed E-state index contributed by atoms with van der Waals surface area (Å²) in [6, 6.07) is 0.270. The lowest BCUT2D eigenvalue weighted by atomic mass is 9.47. The highest BCUT2D eigenvalue weighted by atomic mass is 16.7. The highest BCUT2D eigenvalue weighted by Gasteiger charge is 2.59. The average Bonchev–Trinajstić information content (AvgIpc) is 3.17. The topological polar surface area (TPSA) is 125 Å². The third-order valence-electron chi connectivity index (χ3n) is 10.9. The van der Waals surface area contributed by atoms with Crippen LogP contribution in [0.25, 0.3) is 0 Å². The van der Waals surface area contributed by atoms with Gasteiger partial charge in [-0.25, -0.2) is 0 Å². The Kier molecular flexibility index (Phi) is 6.71. The predicted molar refractivity (Wildman–Crippen MR) is 127 cm³/mol. The number of ether oxygens (including phenoxy) is 2. The third kappa shape index (κ3) is 3.82. The molecular weight excluding hydrogens is 434 g/mol. The normalized spacial score (nSPS) is 53.9. The first-order chi connectivity index (χ1) is 16.1. The van der Waals surface area contributed by atoms with Gasteiger partial charge in [-0.1, -0.05) is 25.5 Å². The Balaban J connectivity index is 1.29. The molecule has 0 aromatic carbocycles. The van der Waals surface area contributed by atoms with Crippen molar-refractivity contribution >= 4 is 0 Å². The van der Waals surface area contributed by atoms with E-state index in [9.17, 15) is 20.4 Å². The highest BCUT2D eigenvalue weighted by Crippen LogP contribution is 2.66. The summed E-state index contributed by atoms with van der Waals surface area (Å²) in [4.78, 5) is 0. The van der Waals surface area contributed by atoms with E-state index >= 15 is 0 Å². The summed E-state index contributed by atoms with van der Waals surface area (Å²) in [6.45, 7) is 6.73. The molecule has 5 rings (SSSR count). The van der Waals surface area contributed by atoms with E-state index in [2.05, 4.69) is 26.8 Å². The van der Waals surface area contributed by atoms with E-state index in [0.717, 1.165) is 37.5 Å². The average molecular weight is 480 g/mol. The number of nitrogens with two attached hydrogens (primary N) is 1. The summed E-state index contributed by atoms with van der Waals surface area (Å²) in [5.74, 6) is 2.84. The van der Waals surface area contributed by atoms with Crippen molar-refractivity contribution in [3.05, 3.63) is 11.6 Å². The van der Waals surface area contributed by atoms with E-state index in [1.807, 2.05) is 0 Å². The smallest absolute Gasteiger partial charge is 0.186 e. The molecule has 194 valence electrons. The van der Waals surface area contributed by atoms with Gasteiger partial charge in [0.15, 0.2) is 6.29 Å². The van der Waals surface area contributed by atoms with Crippen LogP contribution in [-0.4, -0.2) is 69.9 Å². The first-order valence-electron chi connectivity index (χ1n) is 13.5. The fourth-order valence-corrected chi connectivity index (χ4v) is 9.02. The van der Waals surface area contributed by atoms with Crippen molar-refractivity contribution in [3.63, 3.8) is 0 Å². The van der Waals surface area contributed by atoms with Crippen LogP contribution in [0.3, 0.4) is 0 Å². The fraction of sp³-hybridized carbons (Fsp3) is 0.926. The van der Waals surface area contributed by atoms with E-state index in [-0.39, 0.29) is 17.6 Å². The maximum absolute atomic E-state index is 10.4. The maximum atomic E-state index is 10.4. The van der Waals surface area contributed by atoms with Crippen molar-refractivity contribution in [1.82, 2.24) is 0 Å². The lowest BCUT2D eigenvalue weighted by Gasteiger charge is -2.58. The molecular formula is C27H45NO6. The molecule has 5 aliphatic rings. The molecule has 0 aromatic rings. The molecule has 0 radical (unpaired) electrons. The Morgan fingerprint density at radius 1 is 1.06 bits per heavy atom. The monoisotopic (exact) mass is 479 g/mol. The van der Waals surface area contributed by atoms with Crippen LogP contribution in [0, 0.1) is 34.5 Å². The molecule has 4 fully saturated rings. The van der Waals surface area contributed by atoms with E-state index in [1.165, 1.54) is 31.3 Å². The summed E-state index contributed by atoms with van der Waals surface area (Å²) < 4.78 is 11.7. The van der Waals surface area contributed by atoms with Gasteiger partial charge in [-0.05, 0) is 92.8 Å². The highest BCUT2D eigenvalue weighted by molar-refractivity contribution is 5.25. The summed E-state index contributed by atoms with van der Waals surface area (Å²) in [6.07, 6.45) is 5.26. The third-order valence-corrected chi connectivity index (χ3v) is 10.9. The minimum absolute atomic E-state index is 0.111. The Bertz CT molecular complexity index is 787. The minimum Gasteiger partial charge on any atom is -0.394 e. The van der Waals surface area contributed by atoms with E-state index < -0.39 is 37.3 Å². The molecule has 1 saturated heterocycles. The Morgan fingerprint density at radius 2 is 1.82 bits per heavy atom. The zero-order valence-electron chi connectivity index (χ0n) is 21.0. The lowest BCUT2D eigenvalue weighted by molar-refractivity contribution is -0.313. The zero-order chi connectivity index (χ0) is 24.4. The Labute approximate surface area is 203 Å². The Hall–Kier alpha value is -0.540. The second-order valence-electron chi connectivity index (χ2n) is 12.5. The summed E-state index contributed by atoms with van der Waals surface area (Å²) in [5.41, 5.74) is 8.46. The van der Waals surface area contributed by atoms with Crippen LogP contribution in [0.1, 0.15) is 72.1 Å². The van der Waals surface area contributed by atoms with Crippen molar-refractivity contribution in [2.75, 3.05) is 6.61 Å². The van der Waals surface area contributed by atoms with Crippen LogP contribution in [0.15, 0.2) is 11.6 Å². The van der Waals surface area contributed by atoms with Gasteiger partial charge in [-0.2, -0.15) is 0 Å². The van der Waals surface area contributed by atoms with Gasteiger partial charge in [0.2, 0.25) is 0 Å². The first kappa shape index (κ1) is 25.1. The van der Waals surface area contributed by atoms with Gasteiger partial charge in [0, 0.05) is 6.04 Å². The standard InChI is InChI=1S/C27H45NO6/c1-14(28)18-6-7-19-17-5-4-15-12-16(8-10-26(15,2)20(17)9-11-27(18,19)3)33-25-24(32)23(31)22(30)21(13-29)34-25/h4,14,16-25,29-32H,5-13,28H2,1-3H3. The SMILES string of the molecule is CC(N)C1CCC2C3CC=C4CC(OC5OC(CO)C(O)C(O)C5O)CCC4(C)C3CCC12C. The van der Waals surface area contributed by atoms with Gasteiger partial charge in [-0.15, -0.1) is 0 Å². The van der Waals surface area contributed by atoms with Gasteiger partial charge < -0.3 is 35.6 Å². The van der Waals surface area contributed by atoms with Crippen LogP contribution >= 0.6 is 0 Å². The molecule has 7 heteroatoms. The molecule has 0 spiro atoms. The molecule has 0 amide bonds. The summed E-state index contributed by atoms with van der Waals surface area (Å²) in [7, 11) is 0. The van der Waals surface area contributed by atoms with Crippen molar-refractivity contribution in [2.24, 2.45) is 40.2 Å². The van der Waals surface area contributed by atoms with Crippen LogP contribution in [0.2, 0.25) is 0 Å². The number of hydrogen-bond acceptors (Lipinski definition) is 7. The molecule has 13 atom stereocenters. The van der Waals surface area contributed by atoms with Crippen LogP contribution < -0.4 is 5.73 Å². The summed E-state index contributed by atoms with van der Waals surface area (Å²) >= 11 is 0. The Morgan fingerprint density at radius 3 is 2.53 bits per heavy atom. The van der Waals surface area contributed by atoms with Gasteiger partial charge in [0.25, 0.3) is 0 Å². The number of aliphatic hydroxyl groups is 4. The van der Waals surface area contributed by atoms with Crippen LogP contribution in [0.4, 0.5) is 0 Å². The van der Waals surface area contributed by atoms with Gasteiger partial charge in [0.1, 0.15) is 24.4 Å². The largest absolute Gasteiger partial charge is 0.394 e. The van der Waals surface area contributed by atoms with E-state index in [1.54, 1.807) is 0 Å². The molecule has 13 unspecified atom stereocenters. The fourth-order valence-electron chi connectivity index (χ4n) is 9.02. The van der Waals surface area contributed by atoms with Crippen molar-refractivity contribution < 1.29 is 29.9 Å². The number of aliphatic hydroxyl groups excluding tert-OH is 4. The molecule has 34 heavy (non-hydrogen) atoms. The van der Waals surface area contributed by atoms with Crippen molar-refractivity contribution in [1.29, 1.82) is 0 Å². The molecule has 1 aliphatic heterocycles. The van der Waals surface area contributed by atoms with Gasteiger partial charge in [0.05, 0.1) is 12.7 Å². The van der Waals surface area contributed by atoms with Gasteiger partial charge in [-0.3, -0.25) is 0 Å². The second kappa shape index (κ2) is 9.09. The predicted octanol–water partition coefficient (Wildman–Crippen LogP) is 2.10. The lowest BCUT2D eigenvalue weighted by Crippen LogP contribution is -2.60. The molecule has 4 aliphatic carbocycles. The summed E-state index contributed by atoms with van der Waals surface area (Å²) in [5, 5.41) is 40.0. The quantitative estimate of drug-likeness (QED) is 0.391. The number of allylic oxidation sites excluding steroid dienone is 1. The van der Waals surface area contributed by atoms with Crippen LogP contribution in [0.5, 0.6) is 0 Å². The van der Waals surface area contributed by atoms with E-state index in [0.29, 0.717) is 17.3 Å². The molecule has 6 N–H and O–H groups in total. The van der Waals surface area contributed by atoms with Crippen molar-refractivity contribution in [2.45, 2.75) is 115 Å². The molecule has 7 nitrogen and oxygen atoms in total. The molecule has 0 bridgehead atoms. The molecule has 3 saturated carbocycles. The van der Waals surface area contributed by atoms with Crippen LogP contribution in [-0.2, 0) is 9.47 Å². The number of rotatable bonds is 4. The molecule has 1 heterocycles. The van der Waals surface area contributed by atoms with Crippen molar-refractivity contribution in [3.8, 4) is 0 Å². The molecule has 0 aromatic heterocycles. The minimum atomic E-state index is -1.40. The van der Waals surface area contributed by atoms with Gasteiger partial charge >= 0.3 is 0 Å². The zero-order valence-corrected chi connectivity index (χ0v) is 21.0. The number of hydrogen-bond donors (Lipinski definition) is 5.